The number of aryl methyl sites for hydroxylation is 1. The van der Waals surface area contributed by atoms with E-state index in [0.717, 1.165) is 5.56 Å². The molecule has 3 nitrogen and oxygen atoms in total. The van der Waals surface area contributed by atoms with E-state index in [2.05, 4.69) is 4.52 Å². The van der Waals surface area contributed by atoms with Gasteiger partial charge < -0.3 is 5.11 Å². The first-order valence-electron chi connectivity index (χ1n) is 3.91. The highest BCUT2D eigenvalue weighted by atomic mass is 31.1. The molecule has 0 fully saturated rings. The average molecular weight is 199 g/mol. The van der Waals surface area contributed by atoms with Gasteiger partial charge in [0.2, 0.25) is 5.79 Å². The van der Waals surface area contributed by atoms with Gasteiger partial charge in [0.05, 0.1) is 0 Å². The lowest BCUT2D eigenvalue weighted by molar-refractivity contribution is -0.121. The van der Waals surface area contributed by atoms with Gasteiger partial charge in [-0.2, -0.15) is 0 Å². The lowest BCUT2D eigenvalue weighted by Crippen LogP contribution is -2.20. The molecular weight excluding hydrogens is 187 g/mol. The molecule has 0 aliphatic heterocycles. The second-order valence-electron chi connectivity index (χ2n) is 3.03. The molecule has 0 amide bonds. The molecule has 13 heavy (non-hydrogen) atoms. The Hall–Kier alpha value is -0.760. The van der Waals surface area contributed by atoms with Gasteiger partial charge in [0, 0.05) is 5.56 Å². The van der Waals surface area contributed by atoms with E-state index in [0.29, 0.717) is 5.56 Å². The topological polar surface area (TPSA) is 46.5 Å². The first kappa shape index (κ1) is 10.3. The number of hydrogen-bond acceptors (Lipinski definition) is 3. The predicted molar refractivity (Wildman–Crippen MR) is 50.8 cm³/mol. The summed E-state index contributed by atoms with van der Waals surface area (Å²) in [5.74, 6) is -1.46. The van der Waals surface area contributed by atoms with Crippen molar-refractivity contribution in [1.29, 1.82) is 0 Å². The molecule has 0 bridgehead atoms. The van der Waals surface area contributed by atoms with Crippen molar-refractivity contribution in [1.82, 2.24) is 0 Å². The molecule has 0 aliphatic carbocycles. The molecule has 0 aromatic heterocycles. The number of hydrogen-bond donors (Lipinski definition) is 1. The summed E-state index contributed by atoms with van der Waals surface area (Å²) in [6.07, 6.45) is 0. The Balaban J connectivity index is 2.93. The molecule has 1 N–H and O–H groups in total. The standard InChI is InChI=1S/C9H12O3P/c1-7-3-5-8(6-4-7)9(2,10)12-13-11/h3-6,10,13H,1-2H3/q+1. The van der Waals surface area contributed by atoms with Crippen LogP contribution in [0.15, 0.2) is 24.3 Å². The minimum Gasteiger partial charge on any atom is -0.359 e. The Kier molecular flexibility index (Phi) is 3.15. The van der Waals surface area contributed by atoms with Crippen molar-refractivity contribution in [2.75, 3.05) is 0 Å². The minimum atomic E-state index is -1.46. The lowest BCUT2D eigenvalue weighted by Gasteiger charge is -2.15. The number of aliphatic hydroxyl groups is 1. The van der Waals surface area contributed by atoms with Gasteiger partial charge in [-0.3, -0.25) is 0 Å². The Bertz CT molecular complexity index is 292. The second kappa shape index (κ2) is 3.97. The van der Waals surface area contributed by atoms with E-state index in [1.54, 1.807) is 12.1 Å². The van der Waals surface area contributed by atoms with E-state index in [1.165, 1.54) is 6.92 Å². The van der Waals surface area contributed by atoms with Gasteiger partial charge in [-0.05, 0) is 18.4 Å². The molecule has 1 aromatic carbocycles. The molecular formula is C9H12O3P+. The number of benzene rings is 1. The summed E-state index contributed by atoms with van der Waals surface area (Å²) in [6.45, 7) is 3.41. The third-order valence-electron chi connectivity index (χ3n) is 1.83. The monoisotopic (exact) mass is 199 g/mol. The largest absolute Gasteiger partial charge is 0.497 e. The number of rotatable bonds is 3. The molecule has 0 heterocycles. The van der Waals surface area contributed by atoms with Crippen LogP contribution in [0.3, 0.4) is 0 Å². The molecule has 4 heteroatoms. The van der Waals surface area contributed by atoms with Crippen molar-refractivity contribution in [2.45, 2.75) is 19.6 Å². The maximum absolute atomic E-state index is 10.2. The quantitative estimate of drug-likeness (QED) is 0.599. The molecule has 0 saturated carbocycles. The second-order valence-corrected chi connectivity index (χ2v) is 3.41. The highest BCUT2D eigenvalue weighted by Gasteiger charge is 2.28. The summed E-state index contributed by atoms with van der Waals surface area (Å²) in [5.41, 5.74) is 1.70. The average Bonchev–Trinajstić information content (AvgIpc) is 2.05. The summed E-state index contributed by atoms with van der Waals surface area (Å²) in [7, 11) is -0.968. The van der Waals surface area contributed by atoms with Crippen LogP contribution in [-0.2, 0) is 14.9 Å². The summed E-state index contributed by atoms with van der Waals surface area (Å²) in [5, 5.41) is 9.66. The van der Waals surface area contributed by atoms with Gasteiger partial charge in [-0.25, -0.2) is 0 Å². The Labute approximate surface area is 78.6 Å². The SMILES string of the molecule is Cc1ccc(C(C)(O)O[PH+]=O)cc1. The molecule has 70 valence electrons. The minimum absolute atomic E-state index is 0.599. The molecule has 0 saturated heterocycles. The van der Waals surface area contributed by atoms with E-state index < -0.39 is 14.5 Å². The van der Waals surface area contributed by atoms with Crippen LogP contribution in [0.25, 0.3) is 0 Å². The molecule has 0 spiro atoms. The van der Waals surface area contributed by atoms with Gasteiger partial charge >= 0.3 is 8.69 Å². The van der Waals surface area contributed by atoms with Crippen LogP contribution in [0.5, 0.6) is 0 Å². The fourth-order valence-electron chi connectivity index (χ4n) is 1.00. The van der Waals surface area contributed by atoms with E-state index in [1.807, 2.05) is 19.1 Å². The van der Waals surface area contributed by atoms with Crippen molar-refractivity contribution in [2.24, 2.45) is 0 Å². The van der Waals surface area contributed by atoms with Crippen molar-refractivity contribution in [3.63, 3.8) is 0 Å². The van der Waals surface area contributed by atoms with Crippen molar-refractivity contribution >= 4 is 8.69 Å². The van der Waals surface area contributed by atoms with Crippen LogP contribution in [0.4, 0.5) is 0 Å². The maximum Gasteiger partial charge on any atom is 0.497 e. The van der Waals surface area contributed by atoms with Crippen molar-refractivity contribution < 1.29 is 14.2 Å². The van der Waals surface area contributed by atoms with Crippen LogP contribution < -0.4 is 0 Å². The summed E-state index contributed by atoms with van der Waals surface area (Å²) >= 11 is 0. The zero-order valence-electron chi connectivity index (χ0n) is 7.57. The molecule has 2 atom stereocenters. The highest BCUT2D eigenvalue weighted by molar-refractivity contribution is 7.17. The van der Waals surface area contributed by atoms with Crippen LogP contribution in [-0.4, -0.2) is 5.11 Å². The fraction of sp³-hybridized carbons (Fsp3) is 0.333. The van der Waals surface area contributed by atoms with Crippen molar-refractivity contribution in [3.8, 4) is 0 Å². The molecule has 2 unspecified atom stereocenters. The molecule has 0 radical (unpaired) electrons. The third kappa shape index (κ3) is 2.59. The van der Waals surface area contributed by atoms with E-state index in [9.17, 15) is 9.67 Å². The molecule has 1 aromatic rings. The Morgan fingerprint density at radius 3 is 2.38 bits per heavy atom. The van der Waals surface area contributed by atoms with E-state index >= 15 is 0 Å². The maximum atomic E-state index is 10.2. The van der Waals surface area contributed by atoms with Crippen LogP contribution >= 0.6 is 8.69 Å². The Morgan fingerprint density at radius 1 is 1.38 bits per heavy atom. The highest BCUT2D eigenvalue weighted by Crippen LogP contribution is 2.25. The van der Waals surface area contributed by atoms with Crippen LogP contribution in [0.1, 0.15) is 18.1 Å². The summed E-state index contributed by atoms with van der Waals surface area (Å²) in [4.78, 5) is 0. The van der Waals surface area contributed by atoms with Gasteiger partial charge in [0.15, 0.2) is 0 Å². The molecule has 1 rings (SSSR count). The zero-order chi connectivity index (χ0) is 9.90. The van der Waals surface area contributed by atoms with Crippen LogP contribution in [0.2, 0.25) is 0 Å². The van der Waals surface area contributed by atoms with Gasteiger partial charge in [-0.1, -0.05) is 29.8 Å². The van der Waals surface area contributed by atoms with Gasteiger partial charge in [-0.15, -0.1) is 4.52 Å². The summed E-state index contributed by atoms with van der Waals surface area (Å²) in [6, 6.07) is 7.22. The Morgan fingerprint density at radius 2 is 1.92 bits per heavy atom. The molecule has 0 aliphatic rings. The third-order valence-corrected chi connectivity index (χ3v) is 2.31. The van der Waals surface area contributed by atoms with Crippen molar-refractivity contribution in [3.05, 3.63) is 35.4 Å². The predicted octanol–water partition coefficient (Wildman–Crippen LogP) is 2.12. The normalized spacial score (nSPS) is 15.6. The zero-order valence-corrected chi connectivity index (χ0v) is 8.57. The first-order chi connectivity index (χ1) is 6.06. The van der Waals surface area contributed by atoms with Crippen LogP contribution in [0, 0.1) is 6.92 Å². The van der Waals surface area contributed by atoms with E-state index in [-0.39, 0.29) is 0 Å². The fourth-order valence-corrected chi connectivity index (χ4v) is 1.28. The summed E-state index contributed by atoms with van der Waals surface area (Å²) < 4.78 is 14.9. The van der Waals surface area contributed by atoms with Gasteiger partial charge in [0.25, 0.3) is 0 Å². The lowest BCUT2D eigenvalue weighted by atomic mass is 10.1. The van der Waals surface area contributed by atoms with Gasteiger partial charge in [0.1, 0.15) is 0 Å². The smallest absolute Gasteiger partial charge is 0.359 e. The van der Waals surface area contributed by atoms with E-state index in [4.69, 9.17) is 0 Å². The first-order valence-corrected chi connectivity index (χ1v) is 4.72.